The van der Waals surface area contributed by atoms with Crippen molar-refractivity contribution in [2.75, 3.05) is 5.32 Å². The van der Waals surface area contributed by atoms with E-state index >= 15 is 0 Å². The molecule has 0 aliphatic heterocycles. The van der Waals surface area contributed by atoms with Gasteiger partial charge in [0.1, 0.15) is 17.7 Å². The minimum atomic E-state index is -0.625. The van der Waals surface area contributed by atoms with Crippen LogP contribution in [0.3, 0.4) is 0 Å². The van der Waals surface area contributed by atoms with Crippen LogP contribution in [-0.4, -0.2) is 30.3 Å². The van der Waals surface area contributed by atoms with Gasteiger partial charge in [-0.05, 0) is 62.6 Å². The summed E-state index contributed by atoms with van der Waals surface area (Å²) in [6.07, 6.45) is 1.44. The number of ether oxygens (including phenoxy) is 2. The van der Waals surface area contributed by atoms with Crippen molar-refractivity contribution in [1.82, 2.24) is 5.32 Å². The summed E-state index contributed by atoms with van der Waals surface area (Å²) in [5.41, 5.74) is 0.462. The van der Waals surface area contributed by atoms with Crippen molar-refractivity contribution in [3.05, 3.63) is 60.4 Å². The van der Waals surface area contributed by atoms with E-state index in [4.69, 9.17) is 9.47 Å². The third kappa shape index (κ3) is 6.48. The number of rotatable bonds is 6. The molecule has 0 spiro atoms. The fraction of sp³-hybridized carbons (Fsp3) is 0.364. The third-order valence-corrected chi connectivity index (χ3v) is 4.76. The van der Waals surface area contributed by atoms with Crippen molar-refractivity contribution in [2.45, 2.75) is 50.9 Å². The highest BCUT2D eigenvalue weighted by molar-refractivity contribution is 5.84. The summed E-state index contributed by atoms with van der Waals surface area (Å²) in [6.45, 7) is 1.70. The molecule has 3 rings (SSSR count). The highest BCUT2D eigenvalue weighted by atomic mass is 19.1. The number of carbonyl (C=O) groups excluding carboxylic acids is 2. The van der Waals surface area contributed by atoms with E-state index in [-0.39, 0.29) is 23.9 Å². The lowest BCUT2D eigenvalue weighted by Crippen LogP contribution is -2.46. The van der Waals surface area contributed by atoms with Gasteiger partial charge in [0.05, 0.1) is 0 Å². The number of para-hydroxylation sites is 1. The van der Waals surface area contributed by atoms with Crippen LogP contribution >= 0.6 is 0 Å². The zero-order chi connectivity index (χ0) is 20.6. The smallest absolute Gasteiger partial charge is 0.411 e. The van der Waals surface area contributed by atoms with Crippen LogP contribution in [0.1, 0.15) is 32.6 Å². The van der Waals surface area contributed by atoms with E-state index in [2.05, 4.69) is 10.6 Å². The molecule has 6 nitrogen and oxygen atoms in total. The predicted octanol–water partition coefficient (Wildman–Crippen LogP) is 4.27. The first-order valence-corrected chi connectivity index (χ1v) is 9.75. The molecule has 0 heterocycles. The van der Waals surface area contributed by atoms with Gasteiger partial charge in [0.15, 0.2) is 6.10 Å². The van der Waals surface area contributed by atoms with Gasteiger partial charge >= 0.3 is 6.09 Å². The van der Waals surface area contributed by atoms with Crippen LogP contribution in [0.4, 0.5) is 14.9 Å². The molecule has 1 aliphatic carbocycles. The van der Waals surface area contributed by atoms with E-state index in [1.807, 2.05) is 18.2 Å². The number of halogens is 1. The van der Waals surface area contributed by atoms with E-state index in [1.165, 1.54) is 24.3 Å². The van der Waals surface area contributed by atoms with Gasteiger partial charge in [0, 0.05) is 18.2 Å². The maximum absolute atomic E-state index is 12.9. The van der Waals surface area contributed by atoms with Crippen molar-refractivity contribution < 1.29 is 23.5 Å². The molecule has 29 heavy (non-hydrogen) atoms. The maximum atomic E-state index is 12.9. The number of hydrogen-bond donors (Lipinski definition) is 2. The Bertz CT molecular complexity index is 813. The summed E-state index contributed by atoms with van der Waals surface area (Å²) < 4.78 is 24.1. The Labute approximate surface area is 169 Å². The summed E-state index contributed by atoms with van der Waals surface area (Å²) in [5, 5.41) is 5.56. The Morgan fingerprint density at radius 1 is 1.07 bits per heavy atom. The van der Waals surface area contributed by atoms with Crippen LogP contribution in [0.15, 0.2) is 54.6 Å². The molecule has 7 heteroatoms. The Morgan fingerprint density at radius 2 is 1.79 bits per heavy atom. The average molecular weight is 400 g/mol. The van der Waals surface area contributed by atoms with E-state index in [0.717, 1.165) is 19.3 Å². The van der Waals surface area contributed by atoms with Gasteiger partial charge in [0.2, 0.25) is 0 Å². The number of carbonyl (C=O) groups is 2. The molecule has 0 bridgehead atoms. The molecule has 0 saturated heterocycles. The molecule has 0 radical (unpaired) electrons. The monoisotopic (exact) mass is 400 g/mol. The highest BCUT2D eigenvalue weighted by Crippen LogP contribution is 2.22. The van der Waals surface area contributed by atoms with Crippen LogP contribution in [0, 0.1) is 5.82 Å². The lowest BCUT2D eigenvalue weighted by atomic mass is 9.92. The zero-order valence-electron chi connectivity index (χ0n) is 16.3. The van der Waals surface area contributed by atoms with Crippen LogP contribution in [-0.2, 0) is 9.53 Å². The molecule has 2 N–H and O–H groups in total. The molecule has 1 aliphatic rings. The standard InChI is InChI=1S/C22H25FN2O4/c1-15(28-19-7-3-2-4-8-19)21(26)24-18-6-5-9-20(14-18)29-22(27)25-17-12-10-16(23)11-13-17/h2-4,7-8,10-13,15,18,20H,5-6,9,14H2,1H3,(H,24,26)(H,25,27)/t15-,18+,20-/m0/s1. The Hall–Kier alpha value is -3.09. The van der Waals surface area contributed by atoms with Gasteiger partial charge in [-0.25, -0.2) is 9.18 Å². The molecule has 0 unspecified atom stereocenters. The Morgan fingerprint density at radius 3 is 2.52 bits per heavy atom. The van der Waals surface area contributed by atoms with Crippen molar-refractivity contribution in [3.8, 4) is 5.75 Å². The molecule has 0 aromatic heterocycles. The lowest BCUT2D eigenvalue weighted by molar-refractivity contribution is -0.128. The predicted molar refractivity (Wildman–Crippen MR) is 107 cm³/mol. The van der Waals surface area contributed by atoms with E-state index in [1.54, 1.807) is 19.1 Å². The third-order valence-electron chi connectivity index (χ3n) is 4.76. The largest absolute Gasteiger partial charge is 0.481 e. The van der Waals surface area contributed by atoms with Crippen molar-refractivity contribution in [2.24, 2.45) is 0 Å². The average Bonchev–Trinajstić information content (AvgIpc) is 2.70. The molecule has 2 amide bonds. The van der Waals surface area contributed by atoms with Gasteiger partial charge < -0.3 is 14.8 Å². The molecule has 2 aromatic rings. The van der Waals surface area contributed by atoms with Gasteiger partial charge in [-0.2, -0.15) is 0 Å². The normalized spacial score (nSPS) is 19.7. The number of amides is 2. The molecule has 154 valence electrons. The fourth-order valence-corrected chi connectivity index (χ4v) is 3.29. The lowest BCUT2D eigenvalue weighted by Gasteiger charge is -2.30. The van der Waals surface area contributed by atoms with Crippen molar-refractivity contribution in [3.63, 3.8) is 0 Å². The molecular formula is C22H25FN2O4. The molecule has 1 fully saturated rings. The van der Waals surface area contributed by atoms with Gasteiger partial charge in [0.25, 0.3) is 5.91 Å². The summed E-state index contributed by atoms with van der Waals surface area (Å²) in [6, 6.07) is 14.6. The van der Waals surface area contributed by atoms with Crippen LogP contribution < -0.4 is 15.4 Å². The highest BCUT2D eigenvalue weighted by Gasteiger charge is 2.27. The molecule has 2 aromatic carbocycles. The SMILES string of the molecule is C[C@H](Oc1ccccc1)C(=O)N[C@@H]1CCC[C@H](OC(=O)Nc2ccc(F)cc2)C1. The summed E-state index contributed by atoms with van der Waals surface area (Å²) in [4.78, 5) is 24.5. The maximum Gasteiger partial charge on any atom is 0.411 e. The first-order valence-electron chi connectivity index (χ1n) is 9.75. The summed E-state index contributed by atoms with van der Waals surface area (Å²) in [7, 11) is 0. The topological polar surface area (TPSA) is 76.7 Å². The summed E-state index contributed by atoms with van der Waals surface area (Å²) in [5.74, 6) is 0.0630. The van der Waals surface area contributed by atoms with E-state index in [9.17, 15) is 14.0 Å². The Kier molecular flexibility index (Phi) is 7.05. The quantitative estimate of drug-likeness (QED) is 0.759. The van der Waals surface area contributed by atoms with Crippen LogP contribution in [0.2, 0.25) is 0 Å². The van der Waals surface area contributed by atoms with Crippen molar-refractivity contribution >= 4 is 17.7 Å². The molecule has 3 atom stereocenters. The number of nitrogens with one attached hydrogen (secondary N) is 2. The summed E-state index contributed by atoms with van der Waals surface area (Å²) >= 11 is 0. The zero-order valence-corrected chi connectivity index (χ0v) is 16.3. The second kappa shape index (κ2) is 9.91. The first kappa shape index (κ1) is 20.6. The van der Waals surface area contributed by atoms with Gasteiger partial charge in [-0.15, -0.1) is 0 Å². The van der Waals surface area contributed by atoms with Gasteiger partial charge in [-0.1, -0.05) is 18.2 Å². The first-order chi connectivity index (χ1) is 14.0. The number of hydrogen-bond acceptors (Lipinski definition) is 4. The van der Waals surface area contributed by atoms with Gasteiger partial charge in [-0.3, -0.25) is 10.1 Å². The fourth-order valence-electron chi connectivity index (χ4n) is 3.29. The minimum Gasteiger partial charge on any atom is -0.481 e. The second-order valence-electron chi connectivity index (χ2n) is 7.10. The molecular weight excluding hydrogens is 375 g/mol. The number of benzene rings is 2. The van der Waals surface area contributed by atoms with Crippen LogP contribution in [0.25, 0.3) is 0 Å². The second-order valence-corrected chi connectivity index (χ2v) is 7.10. The minimum absolute atomic E-state index is 0.0818. The van der Waals surface area contributed by atoms with E-state index in [0.29, 0.717) is 17.9 Å². The number of anilines is 1. The molecule has 1 saturated carbocycles. The van der Waals surface area contributed by atoms with E-state index < -0.39 is 12.2 Å². The van der Waals surface area contributed by atoms with Crippen LogP contribution in [0.5, 0.6) is 5.75 Å². The Balaban J connectivity index is 1.45. The van der Waals surface area contributed by atoms with Crippen molar-refractivity contribution in [1.29, 1.82) is 0 Å².